The van der Waals surface area contributed by atoms with Gasteiger partial charge in [0.2, 0.25) is 0 Å². The van der Waals surface area contributed by atoms with Crippen LogP contribution < -0.4 is 5.32 Å². The highest BCUT2D eigenvalue weighted by Gasteiger charge is 2.09. The fourth-order valence-electron chi connectivity index (χ4n) is 3.40. The second kappa shape index (κ2) is 9.09. The van der Waals surface area contributed by atoms with Crippen molar-refractivity contribution in [3.05, 3.63) is 77.3 Å². The maximum absolute atomic E-state index is 4.70. The van der Waals surface area contributed by atoms with Crippen molar-refractivity contribution >= 4 is 38.3 Å². The van der Waals surface area contributed by atoms with Crippen molar-refractivity contribution < 1.29 is 0 Å². The fraction of sp³-hybridized carbons (Fsp3) is 0.174. The number of fused-ring (bicyclic) bond motifs is 2. The summed E-state index contributed by atoms with van der Waals surface area (Å²) in [4.78, 5) is 12.3. The molecule has 5 rings (SSSR count). The van der Waals surface area contributed by atoms with Gasteiger partial charge in [-0.3, -0.25) is 4.98 Å². The molecule has 2 N–H and O–H groups in total. The zero-order valence-corrected chi connectivity index (χ0v) is 18.5. The smallest absolute Gasteiger partial charge is 0.157 e. The average Bonchev–Trinajstić information content (AvgIpc) is 3.42. The van der Waals surface area contributed by atoms with Crippen molar-refractivity contribution in [3.8, 4) is 11.3 Å². The second-order valence-electron chi connectivity index (χ2n) is 6.56. The van der Waals surface area contributed by atoms with Crippen LogP contribution >= 0.6 is 15.9 Å². The number of para-hydroxylation sites is 1. The van der Waals surface area contributed by atoms with Crippen molar-refractivity contribution in [1.82, 2.24) is 24.6 Å². The molecule has 0 aliphatic heterocycles. The summed E-state index contributed by atoms with van der Waals surface area (Å²) in [5.41, 5.74) is 5.08. The van der Waals surface area contributed by atoms with E-state index in [2.05, 4.69) is 60.7 Å². The number of anilines is 1. The van der Waals surface area contributed by atoms with Crippen LogP contribution in [0, 0.1) is 0 Å². The van der Waals surface area contributed by atoms with E-state index >= 15 is 0 Å². The van der Waals surface area contributed by atoms with Crippen LogP contribution in [-0.4, -0.2) is 31.1 Å². The molecule has 1 aromatic carbocycles. The molecule has 4 aromatic heterocycles. The summed E-state index contributed by atoms with van der Waals surface area (Å²) < 4.78 is 2.75. The fourth-order valence-corrected chi connectivity index (χ4v) is 3.77. The molecule has 30 heavy (non-hydrogen) atoms. The van der Waals surface area contributed by atoms with Crippen molar-refractivity contribution in [1.29, 1.82) is 0 Å². The molecule has 0 aliphatic carbocycles. The lowest BCUT2D eigenvalue weighted by molar-refractivity contribution is 0.916. The molecule has 0 aliphatic rings. The summed E-state index contributed by atoms with van der Waals surface area (Å²) in [6, 6.07) is 14.3. The average molecular weight is 463 g/mol. The van der Waals surface area contributed by atoms with Gasteiger partial charge in [0, 0.05) is 58.2 Å². The van der Waals surface area contributed by atoms with E-state index in [-0.39, 0.29) is 0 Å². The molecule has 152 valence electrons. The Bertz CT molecular complexity index is 1270. The normalized spacial score (nSPS) is 10.8. The Balaban J connectivity index is 0.00000106. The zero-order valence-electron chi connectivity index (χ0n) is 16.9. The van der Waals surface area contributed by atoms with Crippen LogP contribution in [-0.2, 0) is 6.42 Å². The van der Waals surface area contributed by atoms with Gasteiger partial charge in [-0.05, 0) is 40.0 Å². The first kappa shape index (κ1) is 20.1. The molecule has 7 heteroatoms. The Kier molecular flexibility index (Phi) is 6.09. The Labute approximate surface area is 183 Å². The first-order chi connectivity index (χ1) is 14.8. The van der Waals surface area contributed by atoms with E-state index in [1.807, 2.05) is 48.8 Å². The molecule has 0 spiro atoms. The minimum atomic E-state index is 0.789. The van der Waals surface area contributed by atoms with Crippen molar-refractivity contribution in [3.63, 3.8) is 0 Å². The maximum atomic E-state index is 4.70. The lowest BCUT2D eigenvalue weighted by Crippen LogP contribution is -2.10. The van der Waals surface area contributed by atoms with Gasteiger partial charge < -0.3 is 10.3 Å². The summed E-state index contributed by atoms with van der Waals surface area (Å²) >= 11 is 3.48. The van der Waals surface area contributed by atoms with Crippen LogP contribution in [0.2, 0.25) is 0 Å². The van der Waals surface area contributed by atoms with Gasteiger partial charge in [-0.25, -0.2) is 4.98 Å². The molecule has 0 saturated carbocycles. The second-order valence-corrected chi connectivity index (χ2v) is 7.47. The lowest BCUT2D eigenvalue weighted by Gasteiger charge is -2.10. The number of halogens is 1. The number of aromatic nitrogens is 5. The standard InChI is InChI=1S/C21H17BrN6.C2H6/c22-16-9-15(11-23-13-16)19-10-21(28-20(27-19)6-8-26-28)24-7-5-14-12-25-18-4-2-1-3-17(14)18;1-2/h1-4,6,8-13,24-25H,5,7H2;1-2H3. The Morgan fingerprint density at radius 2 is 1.97 bits per heavy atom. The highest BCUT2D eigenvalue weighted by Crippen LogP contribution is 2.24. The molecule has 0 saturated heterocycles. The molecule has 6 nitrogen and oxygen atoms in total. The predicted molar refractivity (Wildman–Crippen MR) is 126 cm³/mol. The van der Waals surface area contributed by atoms with E-state index in [0.29, 0.717) is 0 Å². The highest BCUT2D eigenvalue weighted by molar-refractivity contribution is 9.10. The quantitative estimate of drug-likeness (QED) is 0.350. The van der Waals surface area contributed by atoms with Gasteiger partial charge >= 0.3 is 0 Å². The number of H-pyrrole nitrogens is 1. The minimum absolute atomic E-state index is 0.789. The molecule has 0 unspecified atom stereocenters. The number of rotatable bonds is 5. The summed E-state index contributed by atoms with van der Waals surface area (Å²) in [5.74, 6) is 0.907. The van der Waals surface area contributed by atoms with Crippen molar-refractivity contribution in [2.75, 3.05) is 11.9 Å². The van der Waals surface area contributed by atoms with Crippen LogP contribution in [0.25, 0.3) is 27.8 Å². The minimum Gasteiger partial charge on any atom is -0.370 e. The van der Waals surface area contributed by atoms with Gasteiger partial charge in [0.25, 0.3) is 0 Å². The van der Waals surface area contributed by atoms with Crippen LogP contribution in [0.4, 0.5) is 5.82 Å². The third kappa shape index (κ3) is 4.07. The van der Waals surface area contributed by atoms with Crippen LogP contribution in [0.1, 0.15) is 19.4 Å². The van der Waals surface area contributed by atoms with E-state index in [4.69, 9.17) is 4.98 Å². The molecule has 0 fully saturated rings. The summed E-state index contributed by atoms with van der Waals surface area (Å²) in [6.45, 7) is 4.79. The number of hydrogen-bond acceptors (Lipinski definition) is 4. The van der Waals surface area contributed by atoms with Gasteiger partial charge in [0.05, 0.1) is 11.9 Å². The molecule has 0 atom stereocenters. The Hall–Kier alpha value is -3.19. The largest absolute Gasteiger partial charge is 0.370 e. The van der Waals surface area contributed by atoms with Gasteiger partial charge in [0.15, 0.2) is 5.65 Å². The molecule has 0 amide bonds. The van der Waals surface area contributed by atoms with Gasteiger partial charge in [-0.15, -0.1) is 0 Å². The van der Waals surface area contributed by atoms with Crippen molar-refractivity contribution in [2.24, 2.45) is 0 Å². The number of aromatic amines is 1. The number of nitrogens with one attached hydrogen (secondary N) is 2. The first-order valence-electron chi connectivity index (χ1n) is 10.0. The third-order valence-corrected chi connectivity index (χ3v) is 5.17. The maximum Gasteiger partial charge on any atom is 0.157 e. The highest BCUT2D eigenvalue weighted by atomic mass is 79.9. The summed E-state index contributed by atoms with van der Waals surface area (Å²) in [7, 11) is 0. The van der Waals surface area contributed by atoms with Gasteiger partial charge in [0.1, 0.15) is 5.82 Å². The summed E-state index contributed by atoms with van der Waals surface area (Å²) in [6.07, 6.45) is 8.33. The van der Waals surface area contributed by atoms with E-state index in [1.54, 1.807) is 12.4 Å². The molecule has 0 radical (unpaired) electrons. The molecule has 0 bridgehead atoms. The van der Waals surface area contributed by atoms with E-state index in [1.165, 1.54) is 16.5 Å². The van der Waals surface area contributed by atoms with Crippen LogP contribution in [0.3, 0.4) is 0 Å². The number of hydrogen-bond donors (Lipinski definition) is 2. The molecule has 4 heterocycles. The lowest BCUT2D eigenvalue weighted by atomic mass is 10.1. The molecule has 5 aromatic rings. The zero-order chi connectivity index (χ0) is 20.9. The molecular weight excluding hydrogens is 440 g/mol. The van der Waals surface area contributed by atoms with Gasteiger partial charge in [-0.2, -0.15) is 9.61 Å². The first-order valence-corrected chi connectivity index (χ1v) is 10.8. The van der Waals surface area contributed by atoms with Crippen LogP contribution in [0.5, 0.6) is 0 Å². The van der Waals surface area contributed by atoms with E-state index in [9.17, 15) is 0 Å². The third-order valence-electron chi connectivity index (χ3n) is 4.74. The van der Waals surface area contributed by atoms with Gasteiger partial charge in [-0.1, -0.05) is 32.0 Å². The van der Waals surface area contributed by atoms with Crippen LogP contribution in [0.15, 0.2) is 71.7 Å². The predicted octanol–water partition coefficient (Wildman–Crippen LogP) is 5.72. The SMILES string of the molecule is Brc1cncc(-c2cc(NCCc3c[nH]c4ccccc34)n3nccc3n2)c1.CC. The topological polar surface area (TPSA) is 70.9 Å². The number of nitrogens with zero attached hydrogens (tertiary/aromatic N) is 4. The number of pyridine rings is 1. The van der Waals surface area contributed by atoms with E-state index in [0.717, 1.165) is 40.2 Å². The van der Waals surface area contributed by atoms with Crippen molar-refractivity contribution in [2.45, 2.75) is 20.3 Å². The molecular formula is C23H23BrN6. The summed E-state index contributed by atoms with van der Waals surface area (Å²) in [5, 5.41) is 9.18. The monoisotopic (exact) mass is 462 g/mol. The Morgan fingerprint density at radius 1 is 1.10 bits per heavy atom. The van der Waals surface area contributed by atoms with E-state index < -0.39 is 0 Å². The Morgan fingerprint density at radius 3 is 2.83 bits per heavy atom. The number of benzene rings is 1.